The van der Waals surface area contributed by atoms with Gasteiger partial charge in [0.2, 0.25) is 16.5 Å². The molecule has 5 aromatic carbocycles. The van der Waals surface area contributed by atoms with Crippen LogP contribution in [0.15, 0.2) is 64.4 Å². The molecule has 10 heterocycles. The van der Waals surface area contributed by atoms with Gasteiger partial charge in [0.1, 0.15) is 66.9 Å². The van der Waals surface area contributed by atoms with E-state index < -0.39 is 81.5 Å². The van der Waals surface area contributed by atoms with Crippen molar-refractivity contribution < 1.29 is 64.4 Å². The molecule has 0 spiro atoms. The van der Waals surface area contributed by atoms with Crippen molar-refractivity contribution in [3.63, 3.8) is 0 Å². The fraction of sp³-hybridized carbons (Fsp3) is 0.417. The van der Waals surface area contributed by atoms with E-state index in [-0.39, 0.29) is 21.6 Å². The molecule has 10 aliphatic rings. The van der Waals surface area contributed by atoms with Crippen molar-refractivity contribution in [1.29, 1.82) is 0 Å². The van der Waals surface area contributed by atoms with E-state index in [4.69, 9.17) is 9.47 Å². The zero-order chi connectivity index (χ0) is 63.6. The second-order valence-corrected chi connectivity index (χ2v) is 27.4. The number of ether oxygens (including phenoxy) is 2. The summed E-state index contributed by atoms with van der Waals surface area (Å²) in [6.45, 7) is 13.9. The Kier molecular flexibility index (Phi) is 15.7. The van der Waals surface area contributed by atoms with Crippen LogP contribution in [0.2, 0.25) is 0 Å². The normalized spacial score (nSPS) is 19.5. The third-order valence-corrected chi connectivity index (χ3v) is 21.2. The molecule has 19 heteroatoms. The van der Waals surface area contributed by atoms with Crippen LogP contribution >= 0.6 is 11.8 Å². The topological polar surface area (TPSA) is 106 Å². The van der Waals surface area contributed by atoms with Crippen LogP contribution in [0.25, 0.3) is 16.7 Å². The number of carbonyl (C=O) groups is 2. The zero-order valence-electron chi connectivity index (χ0n) is 51.4. The Labute approximate surface area is 525 Å². The quantitative estimate of drug-likeness (QED) is 0.0385. The molecule has 10 aliphatic heterocycles. The highest BCUT2D eigenvalue weighted by Gasteiger charge is 2.43. The first-order valence-electron chi connectivity index (χ1n) is 32.0. The molecule has 0 amide bonds. The molecule has 0 saturated heterocycles. The molecule has 0 radical (unpaired) electrons. The van der Waals surface area contributed by atoms with Gasteiger partial charge in [0.15, 0.2) is 29.1 Å². The van der Waals surface area contributed by atoms with Crippen molar-refractivity contribution >= 4 is 51.8 Å². The van der Waals surface area contributed by atoms with E-state index in [1.165, 1.54) is 6.92 Å². The smallest absolute Gasteiger partial charge is 0.339 e. The van der Waals surface area contributed by atoms with E-state index in [2.05, 4.69) is 38.9 Å². The Morgan fingerprint density at radius 1 is 0.615 bits per heavy atom. The lowest BCUT2D eigenvalue weighted by Gasteiger charge is -2.47. The van der Waals surface area contributed by atoms with Crippen molar-refractivity contribution in [1.82, 2.24) is 9.15 Å². The third kappa shape index (κ3) is 9.93. The number of nitrogens with zero attached hydrogens (tertiary/aromatic N) is 4. The zero-order valence-corrected chi connectivity index (χ0v) is 52.2. The lowest BCUT2D eigenvalue weighted by atomic mass is 9.78. The third-order valence-electron chi connectivity index (χ3n) is 20.2. The molecular formula is C72H70F8N4O6S+2. The van der Waals surface area contributed by atoms with E-state index in [9.17, 15) is 37.4 Å². The average molecular weight is 1270 g/mol. The van der Waals surface area contributed by atoms with Crippen LogP contribution < -0.4 is 49.6 Å². The number of benzene rings is 5. The first-order valence-corrected chi connectivity index (χ1v) is 33.0. The molecule has 0 aromatic heterocycles. The highest BCUT2D eigenvalue weighted by atomic mass is 32.2. The Morgan fingerprint density at radius 2 is 1.15 bits per heavy atom. The second-order valence-electron chi connectivity index (χ2n) is 26.2. The van der Waals surface area contributed by atoms with Crippen LogP contribution in [0.5, 0.6) is 23.0 Å². The Balaban J connectivity index is 0.000000161. The van der Waals surface area contributed by atoms with Gasteiger partial charge >= 0.3 is 11.9 Å². The van der Waals surface area contributed by atoms with Gasteiger partial charge in [-0.1, -0.05) is 6.08 Å². The lowest BCUT2D eigenvalue weighted by molar-refractivity contribution is -0.134. The molecule has 0 fully saturated rings. The van der Waals surface area contributed by atoms with Gasteiger partial charge in [-0.05, 0) is 147 Å². The molecule has 10 nitrogen and oxygen atoms in total. The maximum atomic E-state index is 17.2. The lowest BCUT2D eigenvalue weighted by Crippen LogP contribution is -2.48. The predicted molar refractivity (Wildman–Crippen MR) is 335 cm³/mol. The summed E-state index contributed by atoms with van der Waals surface area (Å²) in [5.41, 5.74) is 8.88. The summed E-state index contributed by atoms with van der Waals surface area (Å²) in [4.78, 5) is 29.0. The van der Waals surface area contributed by atoms with E-state index >= 15 is 17.6 Å². The summed E-state index contributed by atoms with van der Waals surface area (Å²) in [7, 11) is 0. The minimum atomic E-state index is -2.14. The molecule has 0 atom stereocenters. The monoisotopic (exact) mass is 1270 g/mol. The Morgan fingerprint density at radius 3 is 1.78 bits per heavy atom. The van der Waals surface area contributed by atoms with Gasteiger partial charge in [-0.25, -0.2) is 49.1 Å². The van der Waals surface area contributed by atoms with Crippen LogP contribution in [-0.2, 0) is 54.5 Å². The molecule has 2 N–H and O–H groups in total. The standard InChI is InChI=1S/C39H39F3N2O5S.C33H30F5N2O/c1-20-17-39(3,4)44-14-8-11-24-35(44)25(20)16-27-30(32(31(38(47)48)28(41)18-40)33(42)21(2)50-19-29(45)46)26-15-22-9-5-6-12-43-13-7-10-23(34(22)43)36(26)49-37(24)27;34-25-24(26(35)28(37)29(38)27(25)36)23-21-15-17-7-1-3-11-39-13-5-9-19(30(17)39)32(21)41-33-20-10-6-14-40-12-4-2-8-18(31(20)40)16-22(23)33/h15-18H,5-14,19H2,1-4H3,(H-,45,46,47,48);15-16H,1-14H2/q;+1/p+1/b28-18-,32-31+,33-21-;. The molecule has 5 aromatic rings. The van der Waals surface area contributed by atoms with E-state index in [0.29, 0.717) is 69.2 Å². The van der Waals surface area contributed by atoms with Crippen LogP contribution in [-0.4, -0.2) is 79.3 Å². The minimum Gasteiger partial charge on any atom is -0.481 e. The summed E-state index contributed by atoms with van der Waals surface area (Å²) < 4.78 is 141. The number of halogens is 8. The summed E-state index contributed by atoms with van der Waals surface area (Å²) >= 11 is 0.654. The minimum absolute atomic E-state index is 0.0508. The molecule has 0 saturated carbocycles. The predicted octanol–water partition coefficient (Wildman–Crippen LogP) is 12.5. The Bertz CT molecular complexity index is 4480. The van der Waals surface area contributed by atoms with Gasteiger partial charge in [-0.2, -0.15) is 0 Å². The fourth-order valence-electron chi connectivity index (χ4n) is 16.5. The van der Waals surface area contributed by atoms with E-state index in [1.807, 2.05) is 31.2 Å². The number of allylic oxidation sites excluding steroid dienone is 4. The number of fused-ring (bicyclic) bond motifs is 8. The summed E-state index contributed by atoms with van der Waals surface area (Å²) in [6, 6.07) is 7.59. The van der Waals surface area contributed by atoms with E-state index in [1.54, 1.807) is 0 Å². The first kappa shape index (κ1) is 60.9. The van der Waals surface area contributed by atoms with Crippen molar-refractivity contribution in [2.24, 2.45) is 0 Å². The van der Waals surface area contributed by atoms with Gasteiger partial charge in [0.25, 0.3) is 0 Å². The van der Waals surface area contributed by atoms with Gasteiger partial charge < -0.3 is 29.5 Å². The number of carboxylic acid groups (broad SMARTS) is 2. The van der Waals surface area contributed by atoms with Crippen molar-refractivity contribution in [2.45, 2.75) is 142 Å². The molecule has 0 unspecified atom stereocenters. The first-order chi connectivity index (χ1) is 43.8. The van der Waals surface area contributed by atoms with Crippen LogP contribution in [0, 0.1) is 29.1 Å². The molecule has 91 heavy (non-hydrogen) atoms. The van der Waals surface area contributed by atoms with Crippen molar-refractivity contribution in [2.75, 3.05) is 61.4 Å². The van der Waals surface area contributed by atoms with Gasteiger partial charge in [-0.15, -0.1) is 11.8 Å². The highest BCUT2D eigenvalue weighted by Crippen LogP contribution is 2.54. The van der Waals surface area contributed by atoms with Crippen LogP contribution in [0.4, 0.5) is 46.5 Å². The number of hydrogen-bond donors (Lipinski definition) is 2. The molecule has 15 rings (SSSR count). The summed E-state index contributed by atoms with van der Waals surface area (Å²) in [6.07, 6.45) is 16.2. The summed E-state index contributed by atoms with van der Waals surface area (Å²) in [5, 5.41) is 22.9. The molecular weight excluding hydrogens is 1200 g/mol. The molecule has 0 bridgehead atoms. The number of anilines is 2. The number of thioether (sulfide) groups is 1. The number of aryl methyl sites for hydroxylation is 3. The second kappa shape index (κ2) is 23.5. The van der Waals surface area contributed by atoms with Crippen LogP contribution in [0.1, 0.15) is 153 Å². The highest BCUT2D eigenvalue weighted by molar-refractivity contribution is 8.03. The van der Waals surface area contributed by atoms with Gasteiger partial charge in [0.05, 0.1) is 33.7 Å². The number of carboxylic acids is 2. The number of aliphatic carboxylic acids is 2. The SMILES string of the molecule is CC1=CC(C)(C)N2CCCc3c4c(cc1c32)C(C(/C(F)=C(\C)SCC(=O)O)=C(C(=O)O)/C(F)=C/F)=c1cc2c3c(c1O4)CCC[N+]=3CCCC2.Fc1c(F)c(F)c(C2=c3cc4c5c(c3Oc3c2cc2c6c3CCCN6CCCC2)CCC[N+]=5CCCC4)c(F)c1F. The Hall–Kier alpha value is -7.67. The number of rotatable bonds is 8. The van der Waals surface area contributed by atoms with Crippen molar-refractivity contribution in [3.05, 3.63) is 176 Å². The largest absolute Gasteiger partial charge is 0.481 e. The van der Waals surface area contributed by atoms with E-state index in [0.717, 1.165) is 214 Å². The fourth-order valence-corrected chi connectivity index (χ4v) is 17.1. The maximum Gasteiger partial charge on any atom is 0.339 e. The van der Waals surface area contributed by atoms with Crippen LogP contribution in [0.3, 0.4) is 0 Å². The number of hydrogen-bond acceptors (Lipinski definition) is 7. The summed E-state index contributed by atoms with van der Waals surface area (Å²) in [5.74, 6) is -14.1. The van der Waals surface area contributed by atoms with Gasteiger partial charge in [-0.3, -0.25) is 4.79 Å². The molecule has 474 valence electrons. The van der Waals surface area contributed by atoms with Crippen molar-refractivity contribution in [3.8, 4) is 23.0 Å². The maximum absolute atomic E-state index is 17.2. The molecule has 0 aliphatic carbocycles. The average Bonchev–Trinajstić information content (AvgIpc) is 1.06. The van der Waals surface area contributed by atoms with Gasteiger partial charge in [0, 0.05) is 122 Å².